The number of halogens is 3. The van der Waals surface area contributed by atoms with Crippen LogP contribution in [0.1, 0.15) is 30.4 Å². The lowest BCUT2D eigenvalue weighted by atomic mass is 10.1. The Labute approximate surface area is 105 Å². The van der Waals surface area contributed by atoms with E-state index in [1.165, 1.54) is 0 Å². The molecule has 2 N–H and O–H groups in total. The van der Waals surface area contributed by atoms with Gasteiger partial charge in [0.2, 0.25) is 0 Å². The third-order valence-corrected chi connectivity index (χ3v) is 2.70. The number of nitrogens with one attached hydrogen (secondary N) is 1. The Morgan fingerprint density at radius 2 is 1.94 bits per heavy atom. The summed E-state index contributed by atoms with van der Waals surface area (Å²) in [5.74, 6) is 0.250. The van der Waals surface area contributed by atoms with E-state index in [9.17, 15) is 18.3 Å². The molecule has 1 aromatic carbocycles. The smallest absolute Gasteiger partial charge is 0.389 e. The van der Waals surface area contributed by atoms with E-state index in [-0.39, 0.29) is 12.2 Å². The van der Waals surface area contributed by atoms with Gasteiger partial charge < -0.3 is 10.4 Å². The number of aryl methyl sites for hydroxylation is 1. The Balaban J connectivity index is 2.20. The standard InChI is InChI=1S/C13H18F3NO/c1-10-5-4-6-11(12(10)18)9-17-8-3-2-7-13(14,15)16/h4-6,17-18H,2-3,7-9H2,1H3. The van der Waals surface area contributed by atoms with Crippen LogP contribution in [-0.4, -0.2) is 17.8 Å². The van der Waals surface area contributed by atoms with Gasteiger partial charge in [-0.1, -0.05) is 18.2 Å². The summed E-state index contributed by atoms with van der Waals surface area (Å²) in [7, 11) is 0. The van der Waals surface area contributed by atoms with Gasteiger partial charge in [0.25, 0.3) is 0 Å². The molecule has 0 fully saturated rings. The Kier molecular flexibility index (Phi) is 5.47. The molecule has 102 valence electrons. The van der Waals surface area contributed by atoms with E-state index < -0.39 is 12.6 Å². The predicted molar refractivity (Wildman–Crippen MR) is 64.5 cm³/mol. The summed E-state index contributed by atoms with van der Waals surface area (Å²) in [5, 5.41) is 12.7. The van der Waals surface area contributed by atoms with Crippen LogP contribution in [0.5, 0.6) is 5.75 Å². The molecule has 1 aromatic rings. The van der Waals surface area contributed by atoms with E-state index in [0.717, 1.165) is 11.1 Å². The molecular formula is C13H18F3NO. The van der Waals surface area contributed by atoms with Crippen LogP contribution < -0.4 is 5.32 Å². The van der Waals surface area contributed by atoms with Crippen molar-refractivity contribution in [2.75, 3.05) is 6.54 Å². The molecule has 0 amide bonds. The van der Waals surface area contributed by atoms with E-state index in [1.807, 2.05) is 19.1 Å². The zero-order valence-electron chi connectivity index (χ0n) is 10.3. The van der Waals surface area contributed by atoms with E-state index >= 15 is 0 Å². The summed E-state index contributed by atoms with van der Waals surface area (Å²) >= 11 is 0. The molecule has 0 atom stereocenters. The molecule has 0 aliphatic rings. The minimum atomic E-state index is -4.06. The molecule has 0 aliphatic carbocycles. The number of hydrogen-bond acceptors (Lipinski definition) is 2. The highest BCUT2D eigenvalue weighted by Gasteiger charge is 2.25. The van der Waals surface area contributed by atoms with Gasteiger partial charge in [-0.2, -0.15) is 13.2 Å². The summed E-state index contributed by atoms with van der Waals surface area (Å²) < 4.78 is 35.6. The largest absolute Gasteiger partial charge is 0.507 e. The topological polar surface area (TPSA) is 32.3 Å². The van der Waals surface area contributed by atoms with Crippen LogP contribution in [-0.2, 0) is 6.54 Å². The van der Waals surface area contributed by atoms with Crippen molar-refractivity contribution in [3.63, 3.8) is 0 Å². The Bertz CT molecular complexity index is 377. The quantitative estimate of drug-likeness (QED) is 0.768. The first-order valence-electron chi connectivity index (χ1n) is 5.95. The predicted octanol–water partition coefficient (Wildman–Crippen LogP) is 3.52. The van der Waals surface area contributed by atoms with Crippen LogP contribution in [0.25, 0.3) is 0 Å². The molecule has 2 nitrogen and oxygen atoms in total. The van der Waals surface area contributed by atoms with Gasteiger partial charge in [0.15, 0.2) is 0 Å². The van der Waals surface area contributed by atoms with Crippen molar-refractivity contribution in [3.8, 4) is 5.75 Å². The minimum Gasteiger partial charge on any atom is -0.507 e. The third-order valence-electron chi connectivity index (χ3n) is 2.70. The second-order valence-electron chi connectivity index (χ2n) is 4.33. The van der Waals surface area contributed by atoms with Crippen LogP contribution >= 0.6 is 0 Å². The molecular weight excluding hydrogens is 243 g/mol. The van der Waals surface area contributed by atoms with Crippen LogP contribution in [0.4, 0.5) is 13.2 Å². The molecule has 0 heterocycles. The van der Waals surface area contributed by atoms with E-state index in [0.29, 0.717) is 19.5 Å². The maximum absolute atomic E-state index is 11.9. The molecule has 0 aliphatic heterocycles. The number of rotatable bonds is 6. The van der Waals surface area contributed by atoms with Gasteiger partial charge in [0.05, 0.1) is 0 Å². The Morgan fingerprint density at radius 1 is 1.22 bits per heavy atom. The molecule has 0 saturated heterocycles. The molecule has 0 spiro atoms. The van der Waals surface area contributed by atoms with Crippen molar-refractivity contribution >= 4 is 0 Å². The molecule has 0 radical (unpaired) electrons. The summed E-state index contributed by atoms with van der Waals surface area (Å²) in [6.07, 6.45) is -4.18. The number of unbranched alkanes of at least 4 members (excludes halogenated alkanes) is 1. The van der Waals surface area contributed by atoms with Crippen LogP contribution in [0, 0.1) is 6.92 Å². The number of phenols is 1. The number of alkyl halides is 3. The highest BCUT2D eigenvalue weighted by molar-refractivity contribution is 5.39. The van der Waals surface area contributed by atoms with Crippen LogP contribution in [0.2, 0.25) is 0 Å². The summed E-state index contributed by atoms with van der Waals surface area (Å²) in [6, 6.07) is 5.45. The number of para-hydroxylation sites is 1. The van der Waals surface area contributed by atoms with Gasteiger partial charge in [-0.15, -0.1) is 0 Å². The maximum Gasteiger partial charge on any atom is 0.389 e. The van der Waals surface area contributed by atoms with E-state index in [1.54, 1.807) is 6.07 Å². The summed E-state index contributed by atoms with van der Waals surface area (Å²) in [5.41, 5.74) is 1.57. The lowest BCUT2D eigenvalue weighted by Gasteiger charge is -2.09. The van der Waals surface area contributed by atoms with E-state index in [2.05, 4.69) is 5.32 Å². The van der Waals surface area contributed by atoms with Crippen LogP contribution in [0.15, 0.2) is 18.2 Å². The SMILES string of the molecule is Cc1cccc(CNCCCCC(F)(F)F)c1O. The maximum atomic E-state index is 11.9. The fraction of sp³-hybridized carbons (Fsp3) is 0.538. The molecule has 5 heteroatoms. The minimum absolute atomic E-state index is 0.135. The highest BCUT2D eigenvalue weighted by Crippen LogP contribution is 2.22. The second kappa shape index (κ2) is 6.64. The number of aromatic hydroxyl groups is 1. The fourth-order valence-electron chi connectivity index (χ4n) is 1.66. The monoisotopic (exact) mass is 261 g/mol. The summed E-state index contributed by atoms with van der Waals surface area (Å²) in [4.78, 5) is 0. The normalized spacial score (nSPS) is 11.8. The van der Waals surface area contributed by atoms with Crippen molar-refractivity contribution < 1.29 is 18.3 Å². The number of benzene rings is 1. The first-order chi connectivity index (χ1) is 8.40. The van der Waals surface area contributed by atoms with Crippen LogP contribution in [0.3, 0.4) is 0 Å². The molecule has 0 saturated carbocycles. The Morgan fingerprint density at radius 3 is 2.61 bits per heavy atom. The molecule has 1 rings (SSSR count). The van der Waals surface area contributed by atoms with E-state index in [4.69, 9.17) is 0 Å². The van der Waals surface area contributed by atoms with Gasteiger partial charge in [-0.25, -0.2) is 0 Å². The molecule has 18 heavy (non-hydrogen) atoms. The van der Waals surface area contributed by atoms with Crippen molar-refractivity contribution in [3.05, 3.63) is 29.3 Å². The molecule has 0 unspecified atom stereocenters. The zero-order valence-corrected chi connectivity index (χ0v) is 10.3. The third kappa shape index (κ3) is 5.40. The second-order valence-corrected chi connectivity index (χ2v) is 4.33. The number of phenolic OH excluding ortho intramolecular Hbond substituents is 1. The van der Waals surface area contributed by atoms with Crippen molar-refractivity contribution in [2.45, 2.75) is 38.9 Å². The van der Waals surface area contributed by atoms with Gasteiger partial charge in [-0.3, -0.25) is 0 Å². The average Bonchev–Trinajstić information content (AvgIpc) is 2.27. The summed E-state index contributed by atoms with van der Waals surface area (Å²) in [6.45, 7) is 2.80. The van der Waals surface area contributed by atoms with Gasteiger partial charge in [0.1, 0.15) is 5.75 Å². The molecule has 0 bridgehead atoms. The Hall–Kier alpha value is -1.23. The van der Waals surface area contributed by atoms with Gasteiger partial charge in [0, 0.05) is 18.5 Å². The highest BCUT2D eigenvalue weighted by atomic mass is 19.4. The lowest BCUT2D eigenvalue weighted by molar-refractivity contribution is -0.135. The zero-order chi connectivity index (χ0) is 13.6. The van der Waals surface area contributed by atoms with Gasteiger partial charge in [-0.05, 0) is 31.9 Å². The molecule has 0 aromatic heterocycles. The van der Waals surface area contributed by atoms with Crippen molar-refractivity contribution in [1.82, 2.24) is 5.32 Å². The fourth-order valence-corrected chi connectivity index (χ4v) is 1.66. The first-order valence-corrected chi connectivity index (χ1v) is 5.95. The average molecular weight is 261 g/mol. The van der Waals surface area contributed by atoms with Crippen molar-refractivity contribution in [2.24, 2.45) is 0 Å². The van der Waals surface area contributed by atoms with Crippen molar-refractivity contribution in [1.29, 1.82) is 0 Å². The first kappa shape index (κ1) is 14.8. The number of hydrogen-bond donors (Lipinski definition) is 2. The lowest BCUT2D eigenvalue weighted by Crippen LogP contribution is -2.16. The van der Waals surface area contributed by atoms with Gasteiger partial charge >= 0.3 is 6.18 Å².